The Morgan fingerprint density at radius 2 is 1.47 bits per heavy atom. The Morgan fingerprint density at radius 3 is 2.02 bits per heavy atom. The molecule has 0 radical (unpaired) electrons. The van der Waals surface area contributed by atoms with Crippen LogP contribution in [0.5, 0.6) is 0 Å². The predicted octanol–water partition coefficient (Wildman–Crippen LogP) is 4.89. The molecule has 60 heavy (non-hydrogen) atoms. The highest BCUT2D eigenvalue weighted by molar-refractivity contribution is 5.96. The van der Waals surface area contributed by atoms with Crippen molar-refractivity contribution in [2.45, 2.75) is 96.5 Å². The molecule has 1 unspecified atom stereocenters. The van der Waals surface area contributed by atoms with Crippen molar-refractivity contribution in [3.05, 3.63) is 119 Å². The van der Waals surface area contributed by atoms with Crippen molar-refractivity contribution in [3.8, 4) is 0 Å². The average Bonchev–Trinajstić information content (AvgIpc) is 3.23. The van der Waals surface area contributed by atoms with Crippen molar-refractivity contribution in [3.63, 3.8) is 0 Å². The normalized spacial score (nSPS) is 32.6. The topological polar surface area (TPSA) is 192 Å². The molecule has 3 fully saturated rings. The zero-order valence-electron chi connectivity index (χ0n) is 34.5. The van der Waals surface area contributed by atoms with Crippen LogP contribution in [0.25, 0.3) is 0 Å². The van der Waals surface area contributed by atoms with Gasteiger partial charge in [0.1, 0.15) is 24.1 Å². The monoisotopic (exact) mass is 821 g/mol. The smallest absolute Gasteiger partial charge is 0.338 e. The third kappa shape index (κ3) is 6.76. The van der Waals surface area contributed by atoms with E-state index in [-0.39, 0.29) is 24.2 Å². The zero-order chi connectivity index (χ0) is 43.4. The molecule has 0 aromatic heterocycles. The number of hydrogen-bond donors (Lipinski definition) is 3. The van der Waals surface area contributed by atoms with Gasteiger partial charge in [-0.3, -0.25) is 19.2 Å². The molecule has 3 aliphatic carbocycles. The lowest BCUT2D eigenvalue weighted by molar-refractivity contribution is -0.303. The fourth-order valence-electron chi connectivity index (χ4n) is 10.3. The first-order valence-electron chi connectivity index (χ1n) is 20.2. The van der Waals surface area contributed by atoms with E-state index in [1.165, 1.54) is 19.1 Å². The van der Waals surface area contributed by atoms with Gasteiger partial charge in [0.05, 0.1) is 47.2 Å². The highest BCUT2D eigenvalue weighted by Crippen LogP contribution is 2.65. The number of Topliss-reactive ketones (excluding diaryl/α,β-unsaturated/α-hetero) is 1. The van der Waals surface area contributed by atoms with E-state index in [1.54, 1.807) is 107 Å². The van der Waals surface area contributed by atoms with Gasteiger partial charge in [-0.2, -0.15) is 0 Å². The van der Waals surface area contributed by atoms with Crippen molar-refractivity contribution >= 4 is 35.9 Å². The molecule has 11 atom stereocenters. The van der Waals surface area contributed by atoms with Crippen LogP contribution in [-0.2, 0) is 38.1 Å². The molecule has 4 aliphatic rings. The van der Waals surface area contributed by atoms with E-state index in [1.807, 2.05) is 0 Å². The summed E-state index contributed by atoms with van der Waals surface area (Å²) in [6.07, 6.45) is -7.03. The molecule has 1 saturated heterocycles. The Morgan fingerprint density at radius 1 is 0.883 bits per heavy atom. The summed E-state index contributed by atoms with van der Waals surface area (Å²) in [7, 11) is 0. The number of amides is 1. The number of carbonyl (C=O) groups is 6. The Bertz CT molecular complexity index is 2210. The number of carbonyl (C=O) groups excluding carboxylic acids is 6. The summed E-state index contributed by atoms with van der Waals surface area (Å²) < 4.78 is 24.4. The van der Waals surface area contributed by atoms with Gasteiger partial charge < -0.3 is 39.3 Å². The first-order chi connectivity index (χ1) is 28.4. The largest absolute Gasteiger partial charge is 0.457 e. The summed E-state index contributed by atoms with van der Waals surface area (Å²) >= 11 is 0. The molecule has 3 N–H and O–H groups in total. The molecule has 7 rings (SSSR count). The highest BCUT2D eigenvalue weighted by atomic mass is 16.6. The maximum atomic E-state index is 15.4. The molecule has 316 valence electrons. The SMILES string of the molecule is CC(=O)O[C@H]1C(=O)[C@]2(C)[C@@H](O)CC3OC[C@@]3(C=O)[C@H]2[C@H](OC(=O)c2ccccc2)[C@]2(O)C[C@H](OC(=O)[C@H](C)[C@@H](NC(=O)c3ccccc3)c3ccccc3)C(C)=C1C2(C)C. The highest BCUT2D eigenvalue weighted by Gasteiger charge is 2.77. The van der Waals surface area contributed by atoms with E-state index in [9.17, 15) is 34.2 Å². The van der Waals surface area contributed by atoms with E-state index in [2.05, 4.69) is 5.32 Å². The number of fused-ring (bicyclic) bond motifs is 5. The Kier molecular flexibility index (Phi) is 11.2. The minimum Gasteiger partial charge on any atom is -0.457 e. The number of aldehydes is 1. The van der Waals surface area contributed by atoms with Crippen LogP contribution in [0.2, 0.25) is 0 Å². The fraction of sp³-hybridized carbons (Fsp3) is 0.447. The van der Waals surface area contributed by atoms with Crippen LogP contribution in [0, 0.1) is 28.1 Å². The second kappa shape index (κ2) is 15.8. The van der Waals surface area contributed by atoms with Gasteiger partial charge in [0.2, 0.25) is 0 Å². The number of aliphatic hydroxyl groups is 2. The number of benzene rings is 3. The first kappa shape index (κ1) is 42.6. The van der Waals surface area contributed by atoms with Gasteiger partial charge >= 0.3 is 17.9 Å². The molecule has 13 heteroatoms. The number of rotatable bonds is 10. The third-order valence-corrected chi connectivity index (χ3v) is 13.8. The molecule has 2 bridgehead atoms. The van der Waals surface area contributed by atoms with Gasteiger partial charge in [-0.05, 0) is 61.7 Å². The molecule has 3 aromatic rings. The Hall–Kier alpha value is -5.50. The van der Waals surface area contributed by atoms with Gasteiger partial charge in [-0.25, -0.2) is 4.79 Å². The predicted molar refractivity (Wildman–Crippen MR) is 215 cm³/mol. The van der Waals surface area contributed by atoms with Crippen LogP contribution in [0.3, 0.4) is 0 Å². The summed E-state index contributed by atoms with van der Waals surface area (Å²) in [5, 5.41) is 28.6. The lowest BCUT2D eigenvalue weighted by atomic mass is 9.42. The van der Waals surface area contributed by atoms with E-state index < -0.39 is 106 Å². The number of ether oxygens (including phenoxy) is 4. The summed E-state index contributed by atoms with van der Waals surface area (Å²) in [5.74, 6) is -6.13. The van der Waals surface area contributed by atoms with E-state index in [0.717, 1.165) is 6.92 Å². The van der Waals surface area contributed by atoms with Crippen LogP contribution < -0.4 is 5.32 Å². The van der Waals surface area contributed by atoms with E-state index >= 15 is 4.79 Å². The van der Waals surface area contributed by atoms with Crippen molar-refractivity contribution in [2.24, 2.45) is 28.1 Å². The van der Waals surface area contributed by atoms with Crippen LogP contribution >= 0.6 is 0 Å². The standard InChI is InChI=1S/C47H51NO12/c1-26-32(59-42(54)27(2)36(29-16-10-7-11-17-29)48-41(53)30-18-12-8-13-19-30)23-47(56)40(60-43(55)31-20-14-9-15-21-31)38-45(6,33(51)22-34-46(38,24-49)25-57-34)39(52)37(58-28(3)50)35(26)44(47,4)5/h7-21,24,27,32-34,36-38,40,51,56H,22-23,25H2,1-6H3,(H,48,53)/t27-,32+,33+,34?,36-,37-,38+,40+,45-,46-,47-/m1/s1. The zero-order valence-corrected chi connectivity index (χ0v) is 34.5. The number of ketones is 1. The van der Waals surface area contributed by atoms with E-state index in [0.29, 0.717) is 23.0 Å². The average molecular weight is 822 g/mol. The van der Waals surface area contributed by atoms with Gasteiger partial charge in [0.15, 0.2) is 11.9 Å². The quantitative estimate of drug-likeness (QED) is 0.109. The summed E-state index contributed by atoms with van der Waals surface area (Å²) in [5.41, 5.74) is -5.82. The van der Waals surface area contributed by atoms with Crippen molar-refractivity contribution in [2.75, 3.05) is 6.61 Å². The summed E-state index contributed by atoms with van der Waals surface area (Å²) in [6, 6.07) is 24.5. The van der Waals surface area contributed by atoms with Crippen molar-refractivity contribution < 1.29 is 57.9 Å². The van der Waals surface area contributed by atoms with Crippen LogP contribution in [0.4, 0.5) is 0 Å². The van der Waals surface area contributed by atoms with E-state index in [4.69, 9.17) is 18.9 Å². The van der Waals surface area contributed by atoms with Gasteiger partial charge in [0.25, 0.3) is 5.91 Å². The fourth-order valence-corrected chi connectivity index (χ4v) is 10.3. The second-order valence-corrected chi connectivity index (χ2v) is 17.4. The molecule has 0 spiro atoms. The number of aliphatic hydroxyl groups excluding tert-OH is 1. The molecule has 2 saturated carbocycles. The minimum atomic E-state index is -2.26. The second-order valence-electron chi connectivity index (χ2n) is 17.4. The number of hydrogen-bond acceptors (Lipinski definition) is 12. The van der Waals surface area contributed by atoms with Crippen LogP contribution in [0.1, 0.15) is 86.7 Å². The minimum absolute atomic E-state index is 0.0960. The summed E-state index contributed by atoms with van der Waals surface area (Å²) in [4.78, 5) is 84.0. The lowest BCUT2D eigenvalue weighted by Gasteiger charge is -2.67. The van der Waals surface area contributed by atoms with Crippen molar-refractivity contribution in [1.82, 2.24) is 5.32 Å². The van der Waals surface area contributed by atoms with Crippen LogP contribution in [-0.4, -0.2) is 88.8 Å². The Labute approximate surface area is 348 Å². The number of esters is 3. The van der Waals surface area contributed by atoms with Gasteiger partial charge in [-0.1, -0.05) is 80.6 Å². The molecular weight excluding hydrogens is 771 g/mol. The molecule has 13 nitrogen and oxygen atoms in total. The third-order valence-electron chi connectivity index (χ3n) is 13.8. The molecule has 1 aliphatic heterocycles. The maximum Gasteiger partial charge on any atom is 0.338 e. The van der Waals surface area contributed by atoms with Gasteiger partial charge in [0, 0.05) is 36.7 Å². The number of nitrogens with one attached hydrogen (secondary N) is 1. The molecule has 1 amide bonds. The molecule has 3 aromatic carbocycles. The first-order valence-corrected chi connectivity index (χ1v) is 20.2. The summed E-state index contributed by atoms with van der Waals surface area (Å²) in [6.45, 7) is 8.82. The van der Waals surface area contributed by atoms with Crippen molar-refractivity contribution in [1.29, 1.82) is 0 Å². The molecular formula is C47H51NO12. The molecule has 1 heterocycles. The lowest BCUT2D eigenvalue weighted by Crippen LogP contribution is -2.78. The van der Waals surface area contributed by atoms with Crippen LogP contribution in [0.15, 0.2) is 102 Å². The Balaban J connectivity index is 1.37. The van der Waals surface area contributed by atoms with Gasteiger partial charge in [-0.15, -0.1) is 0 Å². The maximum absolute atomic E-state index is 15.4.